The molecule has 2 aliphatic heterocycles. The second kappa shape index (κ2) is 9.16. The van der Waals surface area contributed by atoms with Crippen molar-refractivity contribution < 1.29 is 19.0 Å². The number of likely N-dealkylation sites (tertiary alicyclic amines) is 1. The van der Waals surface area contributed by atoms with E-state index in [0.29, 0.717) is 25.6 Å². The Balaban J connectivity index is 1.74. The summed E-state index contributed by atoms with van der Waals surface area (Å²) in [5.41, 5.74) is -0.0869. The summed E-state index contributed by atoms with van der Waals surface area (Å²) in [5.74, 6) is 0.708. The van der Waals surface area contributed by atoms with Gasteiger partial charge in [0.2, 0.25) is 5.91 Å². The number of carbonyl (C=O) groups is 1. The molecule has 1 spiro atoms. The minimum Gasteiger partial charge on any atom is -0.376 e. The monoisotopic (exact) mass is 341 g/mol. The molecule has 0 saturated carbocycles. The highest BCUT2D eigenvalue weighted by Gasteiger charge is 2.41. The first-order chi connectivity index (χ1) is 11.4. The predicted octanol–water partition coefficient (Wildman–Crippen LogP) is 3.01. The lowest BCUT2D eigenvalue weighted by Gasteiger charge is -2.46. The number of carbonyl (C=O) groups excluding carboxylic acids is 1. The molecule has 2 aliphatic rings. The van der Waals surface area contributed by atoms with E-state index in [1.54, 1.807) is 0 Å². The Kier molecular flexibility index (Phi) is 7.51. The van der Waals surface area contributed by atoms with Gasteiger partial charge in [-0.1, -0.05) is 13.8 Å². The zero-order valence-electron chi connectivity index (χ0n) is 15.9. The first-order valence-corrected chi connectivity index (χ1v) is 9.55. The van der Waals surface area contributed by atoms with Gasteiger partial charge in [0, 0.05) is 32.5 Å². The zero-order chi connectivity index (χ0) is 17.6. The number of piperidine rings is 1. The van der Waals surface area contributed by atoms with Crippen LogP contribution in [0.1, 0.15) is 59.8 Å². The molecular weight excluding hydrogens is 306 g/mol. The van der Waals surface area contributed by atoms with E-state index in [1.807, 2.05) is 18.7 Å². The Morgan fingerprint density at radius 1 is 1.21 bits per heavy atom. The van der Waals surface area contributed by atoms with Crippen molar-refractivity contribution in [1.82, 2.24) is 4.90 Å². The van der Waals surface area contributed by atoms with E-state index < -0.39 is 0 Å². The number of rotatable bonds is 7. The van der Waals surface area contributed by atoms with Gasteiger partial charge in [-0.05, 0) is 39.0 Å². The summed E-state index contributed by atoms with van der Waals surface area (Å²) in [5, 5.41) is 0. The molecule has 1 amide bonds. The van der Waals surface area contributed by atoms with Gasteiger partial charge in [-0.3, -0.25) is 4.79 Å². The average molecular weight is 341 g/mol. The minimum absolute atomic E-state index is 0.0869. The third-order valence-corrected chi connectivity index (χ3v) is 4.95. The van der Waals surface area contributed by atoms with Gasteiger partial charge in [0.25, 0.3) is 0 Å². The van der Waals surface area contributed by atoms with Crippen molar-refractivity contribution in [3.8, 4) is 0 Å². The van der Waals surface area contributed by atoms with Crippen LogP contribution in [0.25, 0.3) is 0 Å². The van der Waals surface area contributed by atoms with Crippen LogP contribution in [0.4, 0.5) is 0 Å². The first kappa shape index (κ1) is 19.7. The number of hydrogen-bond acceptors (Lipinski definition) is 4. The van der Waals surface area contributed by atoms with E-state index in [1.165, 1.54) is 0 Å². The number of nitrogens with zero attached hydrogens (tertiary/aromatic N) is 1. The van der Waals surface area contributed by atoms with Crippen molar-refractivity contribution >= 4 is 5.91 Å². The van der Waals surface area contributed by atoms with E-state index >= 15 is 0 Å². The second-order valence-corrected chi connectivity index (χ2v) is 7.92. The Labute approximate surface area is 147 Å². The third-order valence-electron chi connectivity index (χ3n) is 4.95. The van der Waals surface area contributed by atoms with Gasteiger partial charge in [0.05, 0.1) is 31.0 Å². The first-order valence-electron chi connectivity index (χ1n) is 9.55. The lowest BCUT2D eigenvalue weighted by molar-refractivity contribution is -0.164. The van der Waals surface area contributed by atoms with E-state index in [-0.39, 0.29) is 23.7 Å². The molecule has 0 radical (unpaired) electrons. The summed E-state index contributed by atoms with van der Waals surface area (Å²) in [4.78, 5) is 14.2. The SMILES string of the molecule is CC(C)CC(=O)N1CCC2(CC1)CC(OCCOC(C)C)CCO2. The van der Waals surface area contributed by atoms with Crippen LogP contribution >= 0.6 is 0 Å². The molecule has 0 aromatic heterocycles. The summed E-state index contributed by atoms with van der Waals surface area (Å²) in [6.45, 7) is 12.0. The Bertz CT molecular complexity index is 389. The maximum absolute atomic E-state index is 12.2. The number of ether oxygens (including phenoxy) is 3. The Morgan fingerprint density at radius 3 is 2.54 bits per heavy atom. The van der Waals surface area contributed by atoms with Gasteiger partial charge in [-0.2, -0.15) is 0 Å². The molecule has 5 heteroatoms. The predicted molar refractivity (Wildman–Crippen MR) is 94.0 cm³/mol. The molecule has 140 valence electrons. The summed E-state index contributed by atoms with van der Waals surface area (Å²) in [6, 6.07) is 0. The van der Waals surface area contributed by atoms with Gasteiger partial charge in [0.15, 0.2) is 0 Å². The average Bonchev–Trinajstić information content (AvgIpc) is 2.51. The van der Waals surface area contributed by atoms with Crippen molar-refractivity contribution in [2.45, 2.75) is 77.6 Å². The fourth-order valence-corrected chi connectivity index (χ4v) is 3.61. The van der Waals surface area contributed by atoms with E-state index in [2.05, 4.69) is 13.8 Å². The zero-order valence-corrected chi connectivity index (χ0v) is 15.9. The van der Waals surface area contributed by atoms with Gasteiger partial charge in [0.1, 0.15) is 0 Å². The van der Waals surface area contributed by atoms with Crippen LogP contribution in [-0.4, -0.2) is 61.5 Å². The van der Waals surface area contributed by atoms with E-state index in [9.17, 15) is 4.79 Å². The van der Waals surface area contributed by atoms with Crippen LogP contribution in [0.15, 0.2) is 0 Å². The quantitative estimate of drug-likeness (QED) is 0.668. The number of hydrogen-bond donors (Lipinski definition) is 0. The molecule has 2 fully saturated rings. The van der Waals surface area contributed by atoms with Gasteiger partial charge >= 0.3 is 0 Å². The summed E-state index contributed by atoms with van der Waals surface area (Å²) in [7, 11) is 0. The smallest absolute Gasteiger partial charge is 0.222 e. The van der Waals surface area contributed by atoms with Crippen LogP contribution in [0.2, 0.25) is 0 Å². The highest BCUT2D eigenvalue weighted by atomic mass is 16.5. The fraction of sp³-hybridized carbons (Fsp3) is 0.947. The lowest BCUT2D eigenvalue weighted by Crippen LogP contribution is -2.52. The largest absolute Gasteiger partial charge is 0.376 e. The maximum Gasteiger partial charge on any atom is 0.222 e. The molecular formula is C19H35NO4. The fourth-order valence-electron chi connectivity index (χ4n) is 3.61. The molecule has 2 rings (SSSR count). The second-order valence-electron chi connectivity index (χ2n) is 7.92. The highest BCUT2D eigenvalue weighted by molar-refractivity contribution is 5.76. The Morgan fingerprint density at radius 2 is 1.92 bits per heavy atom. The molecule has 2 saturated heterocycles. The normalized spacial score (nSPS) is 24.1. The van der Waals surface area contributed by atoms with E-state index in [4.69, 9.17) is 14.2 Å². The van der Waals surface area contributed by atoms with Crippen molar-refractivity contribution in [2.75, 3.05) is 32.9 Å². The molecule has 0 N–H and O–H groups in total. The third kappa shape index (κ3) is 6.01. The molecule has 0 aromatic rings. The van der Waals surface area contributed by atoms with Crippen LogP contribution in [0, 0.1) is 5.92 Å². The van der Waals surface area contributed by atoms with Gasteiger partial charge < -0.3 is 19.1 Å². The van der Waals surface area contributed by atoms with Crippen LogP contribution in [0.3, 0.4) is 0 Å². The summed E-state index contributed by atoms with van der Waals surface area (Å²) >= 11 is 0. The van der Waals surface area contributed by atoms with Crippen LogP contribution in [0.5, 0.6) is 0 Å². The van der Waals surface area contributed by atoms with Crippen molar-refractivity contribution in [2.24, 2.45) is 5.92 Å². The van der Waals surface area contributed by atoms with Gasteiger partial charge in [-0.15, -0.1) is 0 Å². The molecule has 1 unspecified atom stereocenters. The van der Waals surface area contributed by atoms with Crippen molar-refractivity contribution in [3.63, 3.8) is 0 Å². The lowest BCUT2D eigenvalue weighted by atomic mass is 9.83. The highest BCUT2D eigenvalue weighted by Crippen LogP contribution is 2.36. The summed E-state index contributed by atoms with van der Waals surface area (Å²) in [6.07, 6.45) is 4.92. The summed E-state index contributed by atoms with van der Waals surface area (Å²) < 4.78 is 17.7. The van der Waals surface area contributed by atoms with Gasteiger partial charge in [-0.25, -0.2) is 0 Å². The molecule has 5 nitrogen and oxygen atoms in total. The van der Waals surface area contributed by atoms with Crippen LogP contribution < -0.4 is 0 Å². The van der Waals surface area contributed by atoms with Crippen molar-refractivity contribution in [3.05, 3.63) is 0 Å². The molecule has 0 aliphatic carbocycles. The van der Waals surface area contributed by atoms with E-state index in [0.717, 1.165) is 45.4 Å². The molecule has 1 atom stereocenters. The maximum atomic E-state index is 12.2. The standard InChI is InChI=1S/C19H35NO4/c1-15(2)13-18(21)20-8-6-19(7-9-20)14-17(5-10-24-19)23-12-11-22-16(3)4/h15-17H,5-14H2,1-4H3. The topological polar surface area (TPSA) is 48.0 Å². The Hall–Kier alpha value is -0.650. The number of amides is 1. The van der Waals surface area contributed by atoms with Crippen molar-refractivity contribution in [1.29, 1.82) is 0 Å². The minimum atomic E-state index is -0.0869. The molecule has 0 aromatic carbocycles. The van der Waals surface area contributed by atoms with Crippen LogP contribution in [-0.2, 0) is 19.0 Å². The molecule has 0 bridgehead atoms. The molecule has 2 heterocycles. The molecule has 24 heavy (non-hydrogen) atoms.